The average molecular weight is 623 g/mol. The molecule has 0 aliphatic heterocycles. The van der Waals surface area contributed by atoms with Crippen LogP contribution in [0.15, 0.2) is 170 Å². The van der Waals surface area contributed by atoms with Crippen LogP contribution in [0.2, 0.25) is 0 Å². The maximum atomic E-state index is 2.41. The molecular formula is C49H34. The van der Waals surface area contributed by atoms with Crippen LogP contribution in [0, 0.1) is 0 Å². The van der Waals surface area contributed by atoms with Gasteiger partial charge in [-0.05, 0) is 117 Å². The molecule has 49 heavy (non-hydrogen) atoms. The van der Waals surface area contributed by atoms with Gasteiger partial charge < -0.3 is 0 Å². The van der Waals surface area contributed by atoms with Gasteiger partial charge in [-0.1, -0.05) is 166 Å². The van der Waals surface area contributed by atoms with Crippen LogP contribution in [-0.4, -0.2) is 0 Å². The second kappa shape index (κ2) is 10.5. The predicted molar refractivity (Wildman–Crippen MR) is 210 cm³/mol. The van der Waals surface area contributed by atoms with Gasteiger partial charge >= 0.3 is 0 Å². The van der Waals surface area contributed by atoms with Crippen molar-refractivity contribution in [3.05, 3.63) is 181 Å². The largest absolute Gasteiger partial charge is 0.0622 e. The molecule has 10 rings (SSSR count). The van der Waals surface area contributed by atoms with Gasteiger partial charge in [0, 0.05) is 5.41 Å². The van der Waals surface area contributed by atoms with E-state index in [0.717, 1.165) is 0 Å². The Morgan fingerprint density at radius 3 is 1.84 bits per heavy atom. The number of benzene rings is 9. The summed E-state index contributed by atoms with van der Waals surface area (Å²) < 4.78 is 0. The molecule has 0 atom stereocenters. The third kappa shape index (κ3) is 4.17. The molecule has 0 heterocycles. The molecule has 0 radical (unpaired) electrons. The molecule has 0 nitrogen and oxygen atoms in total. The van der Waals surface area contributed by atoms with Crippen molar-refractivity contribution in [2.24, 2.45) is 0 Å². The number of hydrogen-bond donors (Lipinski definition) is 0. The van der Waals surface area contributed by atoms with E-state index < -0.39 is 0 Å². The van der Waals surface area contributed by atoms with Crippen molar-refractivity contribution in [1.29, 1.82) is 0 Å². The summed E-state index contributed by atoms with van der Waals surface area (Å²) in [4.78, 5) is 0. The van der Waals surface area contributed by atoms with Gasteiger partial charge in [0.1, 0.15) is 0 Å². The van der Waals surface area contributed by atoms with E-state index in [-0.39, 0.29) is 5.41 Å². The topological polar surface area (TPSA) is 0 Å². The summed E-state index contributed by atoms with van der Waals surface area (Å²) in [5.41, 5.74) is 13.0. The summed E-state index contributed by atoms with van der Waals surface area (Å²) >= 11 is 0. The Hall–Kier alpha value is -5.98. The summed E-state index contributed by atoms with van der Waals surface area (Å²) in [6.45, 7) is 4.74. The Morgan fingerprint density at radius 2 is 0.959 bits per heavy atom. The van der Waals surface area contributed by atoms with E-state index in [2.05, 4.69) is 184 Å². The van der Waals surface area contributed by atoms with E-state index in [1.165, 1.54) is 98.7 Å². The minimum atomic E-state index is -0.0400. The Labute approximate surface area is 286 Å². The highest BCUT2D eigenvalue weighted by molar-refractivity contribution is 6.21. The van der Waals surface area contributed by atoms with Gasteiger partial charge in [-0.15, -0.1) is 0 Å². The maximum absolute atomic E-state index is 2.41. The van der Waals surface area contributed by atoms with Crippen molar-refractivity contribution in [3.8, 4) is 44.5 Å². The lowest BCUT2D eigenvalue weighted by Gasteiger charge is -2.23. The summed E-state index contributed by atoms with van der Waals surface area (Å²) in [5, 5.41) is 10.3. The number of rotatable bonds is 3. The first kappa shape index (κ1) is 28.1. The summed E-state index contributed by atoms with van der Waals surface area (Å²) in [6, 6.07) is 63.2. The van der Waals surface area contributed by atoms with Crippen molar-refractivity contribution < 1.29 is 0 Å². The highest BCUT2D eigenvalue weighted by Gasteiger charge is 2.36. The smallest absolute Gasteiger partial charge is 0.0165 e. The fourth-order valence-corrected chi connectivity index (χ4v) is 8.71. The van der Waals surface area contributed by atoms with Crippen molar-refractivity contribution >= 4 is 43.1 Å². The van der Waals surface area contributed by atoms with E-state index >= 15 is 0 Å². The van der Waals surface area contributed by atoms with Crippen LogP contribution < -0.4 is 0 Å². The van der Waals surface area contributed by atoms with Crippen LogP contribution in [0.3, 0.4) is 0 Å². The van der Waals surface area contributed by atoms with E-state index in [1.807, 2.05) is 0 Å². The fraction of sp³-hybridized carbons (Fsp3) is 0.0612. The van der Waals surface area contributed by atoms with Crippen LogP contribution in [0.4, 0.5) is 0 Å². The third-order valence-corrected chi connectivity index (χ3v) is 11.0. The molecule has 1 aliphatic rings. The number of fused-ring (bicyclic) bond motifs is 9. The Morgan fingerprint density at radius 1 is 0.327 bits per heavy atom. The van der Waals surface area contributed by atoms with Crippen molar-refractivity contribution in [2.45, 2.75) is 19.3 Å². The summed E-state index contributed by atoms with van der Waals surface area (Å²) in [6.07, 6.45) is 0. The molecular weight excluding hydrogens is 589 g/mol. The van der Waals surface area contributed by atoms with Crippen LogP contribution >= 0.6 is 0 Å². The molecule has 0 amide bonds. The maximum Gasteiger partial charge on any atom is 0.0165 e. The first-order chi connectivity index (χ1) is 24.1. The molecule has 0 fully saturated rings. The molecule has 0 unspecified atom stereocenters. The average Bonchev–Trinajstić information content (AvgIpc) is 3.40. The van der Waals surface area contributed by atoms with Gasteiger partial charge in [0.05, 0.1) is 0 Å². The molecule has 0 bridgehead atoms. The molecule has 0 aromatic heterocycles. The minimum Gasteiger partial charge on any atom is -0.0622 e. The summed E-state index contributed by atoms with van der Waals surface area (Å²) in [5.74, 6) is 0. The van der Waals surface area contributed by atoms with Gasteiger partial charge in [-0.2, -0.15) is 0 Å². The lowest BCUT2D eigenvalue weighted by molar-refractivity contribution is 0.666. The zero-order valence-corrected chi connectivity index (χ0v) is 27.7. The normalized spacial score (nSPS) is 13.3. The Kier molecular flexibility index (Phi) is 6.02. The zero-order chi connectivity index (χ0) is 32.7. The van der Waals surface area contributed by atoms with Gasteiger partial charge in [0.25, 0.3) is 0 Å². The van der Waals surface area contributed by atoms with Crippen LogP contribution in [-0.2, 0) is 5.41 Å². The lowest BCUT2D eigenvalue weighted by atomic mass is 9.80. The standard InChI is InChI=1S/C49H34/c1-49(2)46-19-11-10-18-40(46)43-27-23-36-28-33(21-24-39(36)48(43)49)34-22-26-41(44(29-34)31-12-4-3-5-13-31)47-38-17-9-7-15-35(38)30-45-37-16-8-6-14-32(37)20-25-42(45)47/h3-30H,1-2H3. The first-order valence-corrected chi connectivity index (χ1v) is 17.3. The van der Waals surface area contributed by atoms with E-state index in [1.54, 1.807) is 0 Å². The predicted octanol–water partition coefficient (Wildman–Crippen LogP) is 13.6. The molecule has 0 spiro atoms. The molecule has 1 aliphatic carbocycles. The Bertz CT molecular complexity index is 2780. The van der Waals surface area contributed by atoms with Crippen LogP contribution in [0.25, 0.3) is 87.6 Å². The lowest BCUT2D eigenvalue weighted by Crippen LogP contribution is -2.15. The van der Waals surface area contributed by atoms with Crippen LogP contribution in [0.5, 0.6) is 0 Å². The molecule has 9 aromatic carbocycles. The van der Waals surface area contributed by atoms with Crippen LogP contribution in [0.1, 0.15) is 25.0 Å². The molecule has 0 saturated carbocycles. The van der Waals surface area contributed by atoms with E-state index in [9.17, 15) is 0 Å². The van der Waals surface area contributed by atoms with E-state index in [0.29, 0.717) is 0 Å². The molecule has 0 heteroatoms. The highest BCUT2D eigenvalue weighted by atomic mass is 14.4. The monoisotopic (exact) mass is 622 g/mol. The van der Waals surface area contributed by atoms with Crippen molar-refractivity contribution in [1.82, 2.24) is 0 Å². The zero-order valence-electron chi connectivity index (χ0n) is 27.7. The van der Waals surface area contributed by atoms with Crippen molar-refractivity contribution in [2.75, 3.05) is 0 Å². The quantitative estimate of drug-likeness (QED) is 0.136. The molecule has 9 aromatic rings. The molecule has 230 valence electrons. The first-order valence-electron chi connectivity index (χ1n) is 17.3. The van der Waals surface area contributed by atoms with Gasteiger partial charge in [-0.25, -0.2) is 0 Å². The van der Waals surface area contributed by atoms with Crippen molar-refractivity contribution in [3.63, 3.8) is 0 Å². The van der Waals surface area contributed by atoms with E-state index in [4.69, 9.17) is 0 Å². The highest BCUT2D eigenvalue weighted by Crippen LogP contribution is 2.51. The molecule has 0 N–H and O–H groups in total. The Balaban J connectivity index is 1.20. The third-order valence-electron chi connectivity index (χ3n) is 11.0. The second-order valence-corrected chi connectivity index (χ2v) is 14.1. The molecule has 0 saturated heterocycles. The van der Waals surface area contributed by atoms with Gasteiger partial charge in [0.15, 0.2) is 0 Å². The van der Waals surface area contributed by atoms with Gasteiger partial charge in [0.2, 0.25) is 0 Å². The minimum absolute atomic E-state index is 0.0400. The fourth-order valence-electron chi connectivity index (χ4n) is 8.71. The second-order valence-electron chi connectivity index (χ2n) is 14.1. The number of hydrogen-bond acceptors (Lipinski definition) is 0. The summed E-state index contributed by atoms with van der Waals surface area (Å²) in [7, 11) is 0. The van der Waals surface area contributed by atoms with Gasteiger partial charge in [-0.3, -0.25) is 0 Å². The SMILES string of the molecule is CC1(C)c2ccccc2-c2ccc3cc(-c4ccc(-c5c6ccccc6cc6c5ccc5ccccc56)c(-c5ccccc5)c4)ccc3c21.